The molecular formula is C19H21N3O3. The maximum absolute atomic E-state index is 10.3. The molecule has 0 spiro atoms. The number of nitrogens with two attached hydrogens (primary N) is 1. The van der Waals surface area contributed by atoms with Gasteiger partial charge < -0.3 is 25.3 Å². The van der Waals surface area contributed by atoms with E-state index in [1.54, 1.807) is 13.0 Å². The van der Waals surface area contributed by atoms with Crippen LogP contribution in [-0.4, -0.2) is 26.9 Å². The third-order valence-corrected chi connectivity index (χ3v) is 5.11. The van der Waals surface area contributed by atoms with E-state index in [1.165, 1.54) is 13.5 Å². The molecule has 25 heavy (non-hydrogen) atoms. The van der Waals surface area contributed by atoms with Crippen molar-refractivity contribution in [2.24, 2.45) is 0 Å². The van der Waals surface area contributed by atoms with E-state index < -0.39 is 0 Å². The summed E-state index contributed by atoms with van der Waals surface area (Å²) in [4.78, 5) is 4.79. The first-order valence-electron chi connectivity index (χ1n) is 8.38. The number of rotatable bonds is 3. The maximum Gasteiger partial charge on any atom is 0.200 e. The smallest absolute Gasteiger partial charge is 0.200 e. The average molecular weight is 339 g/mol. The van der Waals surface area contributed by atoms with Gasteiger partial charge in [0, 0.05) is 22.9 Å². The summed E-state index contributed by atoms with van der Waals surface area (Å²) in [6.45, 7) is 1.77. The van der Waals surface area contributed by atoms with Crippen molar-refractivity contribution in [3.63, 3.8) is 0 Å². The lowest BCUT2D eigenvalue weighted by atomic mass is 9.92. The third-order valence-electron chi connectivity index (χ3n) is 5.11. The van der Waals surface area contributed by atoms with Crippen LogP contribution in [0.1, 0.15) is 30.9 Å². The SMILES string of the molecule is COc1cc(-c2nc3cc(N)ccc3n2C2CCC2)c(C)c(O)c1O. The van der Waals surface area contributed by atoms with E-state index in [0.717, 1.165) is 35.3 Å². The van der Waals surface area contributed by atoms with Crippen molar-refractivity contribution >= 4 is 16.7 Å². The van der Waals surface area contributed by atoms with Crippen LogP contribution in [0.4, 0.5) is 5.69 Å². The van der Waals surface area contributed by atoms with Gasteiger partial charge in [0.1, 0.15) is 5.82 Å². The van der Waals surface area contributed by atoms with Crippen LogP contribution in [0.15, 0.2) is 24.3 Å². The van der Waals surface area contributed by atoms with Gasteiger partial charge in [0.25, 0.3) is 0 Å². The fourth-order valence-electron chi connectivity index (χ4n) is 3.44. The fourth-order valence-corrected chi connectivity index (χ4v) is 3.44. The van der Waals surface area contributed by atoms with Crippen molar-refractivity contribution in [3.8, 4) is 28.6 Å². The molecule has 6 heteroatoms. The summed E-state index contributed by atoms with van der Waals surface area (Å²) in [6, 6.07) is 7.84. The molecule has 0 atom stereocenters. The summed E-state index contributed by atoms with van der Waals surface area (Å²) >= 11 is 0. The van der Waals surface area contributed by atoms with Gasteiger partial charge in [-0.05, 0) is 50.5 Å². The summed E-state index contributed by atoms with van der Waals surface area (Å²) in [5.74, 6) is 0.557. The molecular weight excluding hydrogens is 318 g/mol. The highest BCUT2D eigenvalue weighted by atomic mass is 16.5. The van der Waals surface area contributed by atoms with Crippen molar-refractivity contribution in [1.82, 2.24) is 9.55 Å². The number of methoxy groups -OCH3 is 1. The Hall–Kier alpha value is -2.89. The summed E-state index contributed by atoms with van der Waals surface area (Å²) in [6.07, 6.45) is 3.40. The van der Waals surface area contributed by atoms with Crippen LogP contribution in [0.3, 0.4) is 0 Å². The molecule has 0 radical (unpaired) electrons. The molecule has 3 aromatic rings. The number of hydrogen-bond acceptors (Lipinski definition) is 5. The Morgan fingerprint density at radius 1 is 1.20 bits per heavy atom. The summed E-state index contributed by atoms with van der Waals surface area (Å²) in [7, 11) is 1.46. The molecule has 0 aliphatic heterocycles. The van der Waals surface area contributed by atoms with Gasteiger partial charge in [-0.15, -0.1) is 0 Å². The van der Waals surface area contributed by atoms with Gasteiger partial charge >= 0.3 is 0 Å². The lowest BCUT2D eigenvalue weighted by Crippen LogP contribution is -2.18. The number of aromatic hydroxyl groups is 2. The highest BCUT2D eigenvalue weighted by Gasteiger charge is 2.27. The van der Waals surface area contributed by atoms with Gasteiger partial charge in [-0.2, -0.15) is 0 Å². The lowest BCUT2D eigenvalue weighted by Gasteiger charge is -2.29. The zero-order valence-electron chi connectivity index (χ0n) is 14.3. The molecule has 1 fully saturated rings. The first-order valence-corrected chi connectivity index (χ1v) is 8.38. The van der Waals surface area contributed by atoms with Gasteiger partial charge in [0.15, 0.2) is 11.5 Å². The minimum Gasteiger partial charge on any atom is -0.504 e. The maximum atomic E-state index is 10.3. The number of phenols is 2. The predicted octanol–water partition coefficient (Wildman–Crippen LogP) is 3.74. The van der Waals surface area contributed by atoms with Gasteiger partial charge in [0.2, 0.25) is 5.75 Å². The Morgan fingerprint density at radius 2 is 1.96 bits per heavy atom. The van der Waals surface area contributed by atoms with Crippen LogP contribution in [0.2, 0.25) is 0 Å². The van der Waals surface area contributed by atoms with E-state index in [0.29, 0.717) is 17.3 Å². The van der Waals surface area contributed by atoms with Crippen LogP contribution in [-0.2, 0) is 0 Å². The molecule has 1 aliphatic carbocycles. The van der Waals surface area contributed by atoms with Crippen molar-refractivity contribution in [2.75, 3.05) is 12.8 Å². The van der Waals surface area contributed by atoms with Crippen molar-refractivity contribution in [2.45, 2.75) is 32.2 Å². The number of aromatic nitrogens is 2. The van der Waals surface area contributed by atoms with Crippen LogP contribution in [0.5, 0.6) is 17.2 Å². The molecule has 2 aromatic carbocycles. The molecule has 1 saturated carbocycles. The van der Waals surface area contributed by atoms with E-state index in [2.05, 4.69) is 4.57 Å². The molecule has 1 aromatic heterocycles. The summed E-state index contributed by atoms with van der Waals surface area (Å²) in [5, 5.41) is 20.3. The van der Waals surface area contributed by atoms with Crippen LogP contribution in [0, 0.1) is 6.92 Å². The van der Waals surface area contributed by atoms with E-state index in [9.17, 15) is 10.2 Å². The molecule has 4 rings (SSSR count). The number of ether oxygens (including phenoxy) is 1. The zero-order chi connectivity index (χ0) is 17.7. The van der Waals surface area contributed by atoms with Gasteiger partial charge in [-0.25, -0.2) is 4.98 Å². The molecule has 1 aliphatic rings. The Morgan fingerprint density at radius 3 is 2.60 bits per heavy atom. The molecule has 0 saturated heterocycles. The number of nitrogen functional groups attached to an aromatic ring is 1. The predicted molar refractivity (Wildman–Crippen MR) is 97.1 cm³/mol. The molecule has 0 bridgehead atoms. The van der Waals surface area contributed by atoms with E-state index >= 15 is 0 Å². The van der Waals surface area contributed by atoms with Crippen molar-refractivity contribution in [1.29, 1.82) is 0 Å². The molecule has 130 valence electrons. The topological polar surface area (TPSA) is 93.5 Å². The average Bonchev–Trinajstić information content (AvgIpc) is 2.89. The zero-order valence-corrected chi connectivity index (χ0v) is 14.3. The largest absolute Gasteiger partial charge is 0.504 e. The highest BCUT2D eigenvalue weighted by Crippen LogP contribution is 2.45. The number of benzene rings is 2. The number of fused-ring (bicyclic) bond motifs is 1. The number of phenolic OH excluding ortho intramolecular Hbond substituents is 2. The van der Waals surface area contributed by atoms with Crippen molar-refractivity contribution in [3.05, 3.63) is 29.8 Å². The van der Waals surface area contributed by atoms with Crippen LogP contribution in [0.25, 0.3) is 22.4 Å². The van der Waals surface area contributed by atoms with E-state index in [-0.39, 0.29) is 17.2 Å². The van der Waals surface area contributed by atoms with Crippen LogP contribution < -0.4 is 10.5 Å². The Bertz CT molecular complexity index is 974. The van der Waals surface area contributed by atoms with Crippen LogP contribution >= 0.6 is 0 Å². The molecule has 0 unspecified atom stereocenters. The second-order valence-electron chi connectivity index (χ2n) is 6.59. The van der Waals surface area contributed by atoms with Gasteiger partial charge in [0.05, 0.1) is 18.1 Å². The number of nitrogens with zero attached hydrogens (tertiary/aromatic N) is 2. The van der Waals surface area contributed by atoms with Gasteiger partial charge in [-0.1, -0.05) is 0 Å². The number of anilines is 1. The Balaban J connectivity index is 2.02. The Labute approximate surface area is 145 Å². The minimum atomic E-state index is -0.251. The number of hydrogen-bond donors (Lipinski definition) is 3. The second kappa shape index (κ2) is 5.58. The van der Waals surface area contributed by atoms with Crippen molar-refractivity contribution < 1.29 is 14.9 Å². The number of imidazole rings is 1. The lowest BCUT2D eigenvalue weighted by molar-refractivity contribution is 0.322. The quantitative estimate of drug-likeness (QED) is 0.499. The molecule has 4 N–H and O–H groups in total. The van der Waals surface area contributed by atoms with E-state index in [4.69, 9.17) is 15.5 Å². The molecule has 0 amide bonds. The Kier molecular flexibility index (Phi) is 3.49. The fraction of sp³-hybridized carbons (Fsp3) is 0.316. The van der Waals surface area contributed by atoms with Gasteiger partial charge in [-0.3, -0.25) is 0 Å². The molecule has 1 heterocycles. The molecule has 6 nitrogen and oxygen atoms in total. The first-order chi connectivity index (χ1) is 12.0. The van der Waals surface area contributed by atoms with E-state index in [1.807, 2.05) is 18.2 Å². The monoisotopic (exact) mass is 339 g/mol. The highest BCUT2D eigenvalue weighted by molar-refractivity contribution is 5.85. The summed E-state index contributed by atoms with van der Waals surface area (Å²) < 4.78 is 7.43. The second-order valence-corrected chi connectivity index (χ2v) is 6.59. The first kappa shape index (κ1) is 15.6. The normalized spacial score (nSPS) is 14.6. The standard InChI is InChI=1S/C19H21N3O3/c1-10-13(9-16(25-2)18(24)17(10)23)19-21-14-8-11(20)6-7-15(14)22(19)12-4-3-5-12/h6-9,12,23-24H,3-5,20H2,1-2H3. The summed E-state index contributed by atoms with van der Waals surface area (Å²) in [5.41, 5.74) is 9.76. The third kappa shape index (κ3) is 2.28. The minimum absolute atomic E-state index is 0.180.